The molecule has 0 aliphatic carbocycles. The second-order valence-corrected chi connectivity index (χ2v) is 11.9. The van der Waals surface area contributed by atoms with Gasteiger partial charge < -0.3 is 18.9 Å². The van der Waals surface area contributed by atoms with Crippen LogP contribution in [0.5, 0.6) is 0 Å². The molecule has 0 aliphatic heterocycles. The van der Waals surface area contributed by atoms with E-state index in [2.05, 4.69) is 19.9 Å². The second kappa shape index (κ2) is 18.9. The Morgan fingerprint density at radius 1 is 0.370 bits per heavy atom. The smallest absolute Gasteiger partial charge is 0.356 e. The molecule has 0 unspecified atom stereocenters. The van der Waals surface area contributed by atoms with Gasteiger partial charge in [-0.3, -0.25) is 14.8 Å². The van der Waals surface area contributed by atoms with Crippen molar-refractivity contribution in [2.24, 2.45) is 0 Å². The molecule has 0 N–H and O–H groups in total. The fraction of sp³-hybridized carbons (Fsp3) is 0.256. The second-order valence-electron chi connectivity index (χ2n) is 11.9. The van der Waals surface area contributed by atoms with E-state index in [0.717, 1.165) is 11.4 Å². The fourth-order valence-electron chi connectivity index (χ4n) is 5.56. The van der Waals surface area contributed by atoms with Gasteiger partial charge in [0.15, 0.2) is 0 Å². The molecule has 0 spiro atoms. The minimum Gasteiger partial charge on any atom is -0.464 e. The van der Waals surface area contributed by atoms with Crippen LogP contribution in [-0.2, 0) is 58.2 Å². The van der Waals surface area contributed by atoms with Crippen molar-refractivity contribution < 1.29 is 38.1 Å². The van der Waals surface area contributed by atoms with Crippen molar-refractivity contribution in [1.29, 1.82) is 0 Å². The maximum absolute atomic E-state index is 12.2. The predicted molar refractivity (Wildman–Crippen MR) is 192 cm³/mol. The molecular formula is C39H39N7O8. The van der Waals surface area contributed by atoms with Gasteiger partial charge in [0.25, 0.3) is 0 Å². The summed E-state index contributed by atoms with van der Waals surface area (Å²) in [6.45, 7) is 1.98. The third-order valence-corrected chi connectivity index (χ3v) is 7.98. The van der Waals surface area contributed by atoms with Crippen LogP contribution in [0.15, 0.2) is 91.0 Å². The molecule has 0 radical (unpaired) electrons. The van der Waals surface area contributed by atoms with E-state index in [0.29, 0.717) is 62.0 Å². The van der Waals surface area contributed by atoms with Gasteiger partial charge in [-0.1, -0.05) is 30.3 Å². The van der Waals surface area contributed by atoms with Crippen LogP contribution in [0, 0.1) is 0 Å². The number of rotatable bonds is 16. The van der Waals surface area contributed by atoms with Gasteiger partial charge in [-0.05, 0) is 60.7 Å². The molecule has 0 bridgehead atoms. The van der Waals surface area contributed by atoms with E-state index in [1.165, 1.54) is 28.4 Å². The molecule has 15 nitrogen and oxygen atoms in total. The summed E-state index contributed by atoms with van der Waals surface area (Å²) < 4.78 is 19.5. The molecule has 5 aromatic heterocycles. The van der Waals surface area contributed by atoms with Crippen LogP contribution in [-0.4, -0.2) is 87.0 Å². The molecule has 5 aromatic rings. The summed E-state index contributed by atoms with van der Waals surface area (Å²) in [5.74, 6) is -2.19. The highest BCUT2D eigenvalue weighted by molar-refractivity contribution is 5.88. The number of nitrogens with zero attached hydrogens (tertiary/aromatic N) is 7. The van der Waals surface area contributed by atoms with Gasteiger partial charge in [0, 0.05) is 39.3 Å². The number of esters is 4. The summed E-state index contributed by atoms with van der Waals surface area (Å²) >= 11 is 0. The number of carbonyl (C=O) groups excluding carboxylic acids is 4. The van der Waals surface area contributed by atoms with Crippen molar-refractivity contribution in [2.75, 3.05) is 28.4 Å². The SMILES string of the molecule is COC(=O)c1cccc(CN(Cc2cccc(CN(Cc3cccc(C(=O)OC)n3)Cc3cccc(C(=O)OC)n3)n2)Cc2cccc(C(=O)OC)n2)n1. The van der Waals surface area contributed by atoms with E-state index >= 15 is 0 Å². The van der Waals surface area contributed by atoms with E-state index in [1.54, 1.807) is 48.5 Å². The van der Waals surface area contributed by atoms with Crippen molar-refractivity contribution in [3.63, 3.8) is 0 Å². The highest BCUT2D eigenvalue weighted by Crippen LogP contribution is 2.17. The Kier molecular flexibility index (Phi) is 13.5. The lowest BCUT2D eigenvalue weighted by atomic mass is 10.2. The highest BCUT2D eigenvalue weighted by atomic mass is 16.5. The van der Waals surface area contributed by atoms with Gasteiger partial charge in [-0.15, -0.1) is 0 Å². The zero-order valence-electron chi connectivity index (χ0n) is 30.3. The Labute approximate surface area is 311 Å². The van der Waals surface area contributed by atoms with Crippen molar-refractivity contribution in [3.05, 3.63) is 148 Å². The number of ether oxygens (including phenoxy) is 4. The number of hydrogen-bond donors (Lipinski definition) is 0. The van der Waals surface area contributed by atoms with Crippen LogP contribution in [0.25, 0.3) is 0 Å². The van der Waals surface area contributed by atoms with Crippen LogP contribution in [0.1, 0.15) is 76.1 Å². The lowest BCUT2D eigenvalue weighted by Gasteiger charge is -2.24. The fourth-order valence-corrected chi connectivity index (χ4v) is 5.56. The molecule has 0 saturated heterocycles. The predicted octanol–water partition coefficient (Wildman–Crippen LogP) is 4.21. The lowest BCUT2D eigenvalue weighted by Crippen LogP contribution is -2.26. The van der Waals surface area contributed by atoms with Gasteiger partial charge >= 0.3 is 23.9 Å². The van der Waals surface area contributed by atoms with Gasteiger partial charge in [0.05, 0.1) is 62.6 Å². The van der Waals surface area contributed by atoms with Crippen molar-refractivity contribution in [2.45, 2.75) is 39.3 Å². The molecule has 278 valence electrons. The van der Waals surface area contributed by atoms with Crippen LogP contribution in [0.4, 0.5) is 0 Å². The minimum atomic E-state index is -0.547. The largest absolute Gasteiger partial charge is 0.464 e. The summed E-state index contributed by atoms with van der Waals surface area (Å²) in [5.41, 5.74) is 4.66. The molecule has 0 fully saturated rings. The maximum Gasteiger partial charge on any atom is 0.356 e. The third-order valence-electron chi connectivity index (χ3n) is 7.98. The Morgan fingerprint density at radius 2 is 0.574 bits per heavy atom. The zero-order chi connectivity index (χ0) is 38.5. The molecule has 0 aromatic carbocycles. The molecule has 54 heavy (non-hydrogen) atoms. The van der Waals surface area contributed by atoms with Crippen LogP contribution < -0.4 is 0 Å². The average Bonchev–Trinajstić information content (AvgIpc) is 3.20. The van der Waals surface area contributed by atoms with E-state index in [1.807, 2.05) is 52.3 Å². The Bertz CT molecular complexity index is 1840. The third kappa shape index (κ3) is 10.8. The number of aromatic nitrogens is 5. The highest BCUT2D eigenvalue weighted by Gasteiger charge is 2.18. The Hall–Kier alpha value is -6.45. The minimum absolute atomic E-state index is 0.180. The summed E-state index contributed by atoms with van der Waals surface area (Å²) in [7, 11) is 5.20. The monoisotopic (exact) mass is 733 g/mol. The number of hydrogen-bond acceptors (Lipinski definition) is 15. The Balaban J connectivity index is 1.43. The normalized spacial score (nSPS) is 10.9. The van der Waals surface area contributed by atoms with Crippen LogP contribution in [0.2, 0.25) is 0 Å². The number of carbonyl (C=O) groups is 4. The number of methoxy groups -OCH3 is 4. The number of pyridine rings is 5. The first-order valence-electron chi connectivity index (χ1n) is 16.7. The van der Waals surface area contributed by atoms with Crippen LogP contribution >= 0.6 is 0 Å². The summed E-state index contributed by atoms with van der Waals surface area (Å²) in [4.78, 5) is 76.0. The summed E-state index contributed by atoms with van der Waals surface area (Å²) in [5, 5.41) is 0. The van der Waals surface area contributed by atoms with Crippen molar-refractivity contribution >= 4 is 23.9 Å². The molecule has 5 heterocycles. The molecule has 0 atom stereocenters. The molecular weight excluding hydrogens is 694 g/mol. The summed E-state index contributed by atoms with van der Waals surface area (Å²) in [6, 6.07) is 26.2. The molecule has 5 rings (SSSR count). The quantitative estimate of drug-likeness (QED) is 0.104. The topological polar surface area (TPSA) is 176 Å². The van der Waals surface area contributed by atoms with Crippen LogP contribution in [0.3, 0.4) is 0 Å². The lowest BCUT2D eigenvalue weighted by molar-refractivity contribution is 0.0584. The standard InChI is InChI=1S/C39H39N7O8/c1-51-36(47)32-16-6-12-28(41-32)22-45(23-29-13-7-17-33(42-29)37(48)52-2)20-26-10-5-11-27(40-26)21-46(24-30-14-8-18-34(43-30)38(49)53-3)25-31-15-9-19-35(44-31)39(50)54-4/h5-19H,20-25H2,1-4H3. The zero-order valence-corrected chi connectivity index (χ0v) is 30.3. The molecule has 0 amide bonds. The first kappa shape index (κ1) is 38.8. The molecule has 0 saturated carbocycles. The van der Waals surface area contributed by atoms with Crippen molar-refractivity contribution in [1.82, 2.24) is 34.7 Å². The van der Waals surface area contributed by atoms with Gasteiger partial charge in [-0.25, -0.2) is 39.1 Å². The van der Waals surface area contributed by atoms with Gasteiger partial charge in [0.2, 0.25) is 0 Å². The maximum atomic E-state index is 12.2. The Morgan fingerprint density at radius 3 is 0.796 bits per heavy atom. The van der Waals surface area contributed by atoms with Gasteiger partial charge in [-0.2, -0.15) is 0 Å². The molecule has 15 heteroatoms. The average molecular weight is 734 g/mol. The first-order chi connectivity index (χ1) is 26.2. The van der Waals surface area contributed by atoms with E-state index < -0.39 is 23.9 Å². The van der Waals surface area contributed by atoms with E-state index in [9.17, 15) is 19.2 Å². The molecule has 0 aliphatic rings. The van der Waals surface area contributed by atoms with E-state index in [-0.39, 0.29) is 22.8 Å². The first-order valence-corrected chi connectivity index (χ1v) is 16.7. The summed E-state index contributed by atoms with van der Waals surface area (Å²) in [6.07, 6.45) is 0. The van der Waals surface area contributed by atoms with Gasteiger partial charge in [0.1, 0.15) is 22.8 Å². The van der Waals surface area contributed by atoms with Crippen molar-refractivity contribution in [3.8, 4) is 0 Å². The van der Waals surface area contributed by atoms with E-state index in [4.69, 9.17) is 23.9 Å².